The average molecular weight is 477 g/mol. The van der Waals surface area contributed by atoms with E-state index in [2.05, 4.69) is 32.3 Å². The molecule has 5 nitrogen and oxygen atoms in total. The van der Waals surface area contributed by atoms with Gasteiger partial charge in [-0.15, -0.1) is 24.0 Å². The van der Waals surface area contributed by atoms with Crippen LogP contribution in [0.2, 0.25) is 0 Å². The molecule has 0 atom stereocenters. The van der Waals surface area contributed by atoms with Crippen LogP contribution >= 0.6 is 24.0 Å². The first-order valence-corrected chi connectivity index (χ1v) is 9.26. The summed E-state index contributed by atoms with van der Waals surface area (Å²) in [6.07, 6.45) is 0.853. The molecular formula is C19H33FIN5. The van der Waals surface area contributed by atoms with Crippen LogP contribution in [0.3, 0.4) is 0 Å². The molecule has 26 heavy (non-hydrogen) atoms. The number of nitrogens with zero attached hydrogens (tertiary/aromatic N) is 3. The van der Waals surface area contributed by atoms with Gasteiger partial charge in [-0.3, -0.25) is 9.89 Å². The van der Waals surface area contributed by atoms with Crippen molar-refractivity contribution in [1.29, 1.82) is 0 Å². The van der Waals surface area contributed by atoms with Gasteiger partial charge >= 0.3 is 0 Å². The molecule has 0 radical (unpaired) electrons. The van der Waals surface area contributed by atoms with Crippen LogP contribution in [0.1, 0.15) is 18.1 Å². The molecule has 1 saturated heterocycles. The van der Waals surface area contributed by atoms with Gasteiger partial charge in [-0.2, -0.15) is 0 Å². The summed E-state index contributed by atoms with van der Waals surface area (Å²) in [5.41, 5.74) is 2.16. The first-order valence-electron chi connectivity index (χ1n) is 9.26. The van der Waals surface area contributed by atoms with Crippen molar-refractivity contribution in [3.8, 4) is 0 Å². The Balaban J connectivity index is 0.00000338. The molecule has 0 aliphatic carbocycles. The Bertz CT molecular complexity index is 559. The number of rotatable bonds is 7. The molecule has 2 N–H and O–H groups in total. The Morgan fingerprint density at radius 2 is 1.77 bits per heavy atom. The Hall–Kier alpha value is -0.930. The number of piperazine rings is 1. The van der Waals surface area contributed by atoms with Crippen molar-refractivity contribution in [1.82, 2.24) is 20.4 Å². The van der Waals surface area contributed by atoms with Crippen LogP contribution in [-0.4, -0.2) is 75.2 Å². The predicted molar refractivity (Wildman–Crippen MR) is 118 cm³/mol. The van der Waals surface area contributed by atoms with Crippen molar-refractivity contribution in [2.24, 2.45) is 4.99 Å². The van der Waals surface area contributed by atoms with Gasteiger partial charge in [0.25, 0.3) is 0 Å². The van der Waals surface area contributed by atoms with Crippen LogP contribution in [0.25, 0.3) is 0 Å². The highest BCUT2D eigenvalue weighted by molar-refractivity contribution is 14.0. The molecule has 2 rings (SSSR count). The van der Waals surface area contributed by atoms with E-state index in [4.69, 9.17) is 0 Å². The standard InChI is InChI=1S/C19H32FN5.HI/c1-4-24-11-13-25(14-12-24)10-9-23-19(21-3)22-8-7-17-5-6-18(20)15-16(17)2;/h5-6,15H,4,7-14H2,1-3H3,(H2,21,22,23);1H. The van der Waals surface area contributed by atoms with Gasteiger partial charge < -0.3 is 15.5 Å². The molecule has 0 spiro atoms. The predicted octanol–water partition coefficient (Wildman–Crippen LogP) is 2.10. The fraction of sp³-hybridized carbons (Fsp3) is 0.632. The van der Waals surface area contributed by atoms with E-state index in [1.807, 2.05) is 13.0 Å². The lowest BCUT2D eigenvalue weighted by atomic mass is 10.1. The smallest absolute Gasteiger partial charge is 0.191 e. The van der Waals surface area contributed by atoms with Crippen LogP contribution < -0.4 is 10.6 Å². The maximum absolute atomic E-state index is 13.1. The Labute approximate surface area is 174 Å². The zero-order valence-electron chi connectivity index (χ0n) is 16.2. The fourth-order valence-electron chi connectivity index (χ4n) is 3.14. The number of aliphatic imine (C=N–C) groups is 1. The zero-order valence-corrected chi connectivity index (χ0v) is 18.6. The number of hydrogen-bond donors (Lipinski definition) is 2. The summed E-state index contributed by atoms with van der Waals surface area (Å²) in [6, 6.07) is 4.97. The third-order valence-electron chi connectivity index (χ3n) is 4.85. The lowest BCUT2D eigenvalue weighted by Gasteiger charge is -2.34. The molecule has 0 unspecified atom stereocenters. The van der Waals surface area contributed by atoms with Crippen molar-refractivity contribution in [2.75, 3.05) is 59.4 Å². The van der Waals surface area contributed by atoms with Gasteiger partial charge in [-0.05, 0) is 43.1 Å². The third kappa shape index (κ3) is 7.75. The molecule has 7 heteroatoms. The first-order chi connectivity index (χ1) is 12.1. The zero-order chi connectivity index (χ0) is 18.1. The highest BCUT2D eigenvalue weighted by Gasteiger charge is 2.14. The average Bonchev–Trinajstić information content (AvgIpc) is 2.62. The highest BCUT2D eigenvalue weighted by atomic mass is 127. The molecule has 0 aromatic heterocycles. The van der Waals surface area contributed by atoms with E-state index in [-0.39, 0.29) is 29.8 Å². The summed E-state index contributed by atoms with van der Waals surface area (Å²) in [5.74, 6) is 0.651. The quantitative estimate of drug-likeness (QED) is 0.359. The Kier molecular flexibility index (Phi) is 11.1. The van der Waals surface area contributed by atoms with E-state index in [0.717, 1.165) is 62.8 Å². The molecule has 0 bridgehead atoms. The minimum Gasteiger partial charge on any atom is -0.356 e. The van der Waals surface area contributed by atoms with Gasteiger partial charge in [0.2, 0.25) is 0 Å². The molecule has 1 aromatic rings. The van der Waals surface area contributed by atoms with E-state index >= 15 is 0 Å². The topological polar surface area (TPSA) is 42.9 Å². The summed E-state index contributed by atoms with van der Waals surface area (Å²) < 4.78 is 13.1. The van der Waals surface area contributed by atoms with Gasteiger partial charge in [0.05, 0.1) is 0 Å². The second-order valence-corrected chi connectivity index (χ2v) is 6.52. The van der Waals surface area contributed by atoms with Gasteiger partial charge in [-0.25, -0.2) is 4.39 Å². The molecule has 0 saturated carbocycles. The van der Waals surface area contributed by atoms with Gasteiger partial charge in [0.1, 0.15) is 5.82 Å². The Morgan fingerprint density at radius 3 is 2.38 bits per heavy atom. The van der Waals surface area contributed by atoms with Gasteiger partial charge in [0, 0.05) is 52.9 Å². The second-order valence-electron chi connectivity index (χ2n) is 6.52. The van der Waals surface area contributed by atoms with Crippen LogP contribution in [0.5, 0.6) is 0 Å². The summed E-state index contributed by atoms with van der Waals surface area (Å²) in [5, 5.41) is 6.71. The summed E-state index contributed by atoms with van der Waals surface area (Å²) in [6.45, 7) is 12.6. The third-order valence-corrected chi connectivity index (χ3v) is 4.85. The Morgan fingerprint density at radius 1 is 1.12 bits per heavy atom. The SMILES string of the molecule is CCN1CCN(CCNC(=NC)NCCc2ccc(F)cc2C)CC1.I. The minimum absolute atomic E-state index is 0. The normalized spacial score (nSPS) is 16.2. The van der Waals surface area contributed by atoms with E-state index in [0.29, 0.717) is 0 Å². The van der Waals surface area contributed by atoms with Crippen molar-refractivity contribution >= 4 is 29.9 Å². The number of hydrogen-bond acceptors (Lipinski definition) is 3. The maximum atomic E-state index is 13.1. The molecule has 0 amide bonds. The number of nitrogens with one attached hydrogen (secondary N) is 2. The largest absolute Gasteiger partial charge is 0.356 e. The fourth-order valence-corrected chi connectivity index (χ4v) is 3.14. The van der Waals surface area contributed by atoms with Crippen LogP contribution in [0.4, 0.5) is 4.39 Å². The highest BCUT2D eigenvalue weighted by Crippen LogP contribution is 2.10. The van der Waals surface area contributed by atoms with Crippen molar-refractivity contribution < 1.29 is 4.39 Å². The molecule has 148 valence electrons. The number of benzene rings is 1. The number of aryl methyl sites for hydroxylation is 1. The number of halogens is 2. The van der Waals surface area contributed by atoms with Crippen LogP contribution in [0, 0.1) is 12.7 Å². The van der Waals surface area contributed by atoms with Gasteiger partial charge in [0.15, 0.2) is 5.96 Å². The summed E-state index contributed by atoms with van der Waals surface area (Å²) in [4.78, 5) is 9.25. The molecule has 1 aliphatic rings. The summed E-state index contributed by atoms with van der Waals surface area (Å²) >= 11 is 0. The van der Waals surface area contributed by atoms with Crippen LogP contribution in [0.15, 0.2) is 23.2 Å². The van der Waals surface area contributed by atoms with E-state index in [1.165, 1.54) is 19.2 Å². The first kappa shape index (κ1) is 23.1. The van der Waals surface area contributed by atoms with E-state index < -0.39 is 0 Å². The second kappa shape index (κ2) is 12.5. The molecular weight excluding hydrogens is 444 g/mol. The van der Waals surface area contributed by atoms with E-state index in [9.17, 15) is 4.39 Å². The minimum atomic E-state index is -0.175. The summed E-state index contributed by atoms with van der Waals surface area (Å²) in [7, 11) is 1.79. The monoisotopic (exact) mass is 477 g/mol. The van der Waals surface area contributed by atoms with Crippen molar-refractivity contribution in [2.45, 2.75) is 20.3 Å². The molecule has 1 fully saturated rings. The van der Waals surface area contributed by atoms with Crippen molar-refractivity contribution in [3.63, 3.8) is 0 Å². The van der Waals surface area contributed by atoms with Gasteiger partial charge in [-0.1, -0.05) is 13.0 Å². The number of likely N-dealkylation sites (N-methyl/N-ethyl adjacent to an activating group) is 1. The lowest BCUT2D eigenvalue weighted by molar-refractivity contribution is 0.139. The van der Waals surface area contributed by atoms with Crippen molar-refractivity contribution in [3.05, 3.63) is 35.1 Å². The number of guanidine groups is 1. The molecule has 1 heterocycles. The lowest BCUT2D eigenvalue weighted by Crippen LogP contribution is -2.49. The molecule has 1 aliphatic heterocycles. The maximum Gasteiger partial charge on any atom is 0.191 e. The van der Waals surface area contributed by atoms with E-state index in [1.54, 1.807) is 13.1 Å². The molecule has 1 aromatic carbocycles. The van der Waals surface area contributed by atoms with Crippen LogP contribution in [-0.2, 0) is 6.42 Å².